The largest absolute Gasteiger partial charge is 0.463 e. The summed E-state index contributed by atoms with van der Waals surface area (Å²) in [6.07, 6.45) is 3.64. The van der Waals surface area contributed by atoms with Gasteiger partial charge in [-0.15, -0.1) is 11.8 Å². The number of thiazole rings is 1. The van der Waals surface area contributed by atoms with Crippen LogP contribution in [0.15, 0.2) is 110 Å². The maximum Gasteiger partial charge on any atom is 0.338 e. The second kappa shape index (κ2) is 12.5. The molecule has 0 bridgehead atoms. The van der Waals surface area contributed by atoms with Crippen LogP contribution in [0.3, 0.4) is 0 Å². The van der Waals surface area contributed by atoms with Gasteiger partial charge in [-0.25, -0.2) is 9.79 Å². The lowest BCUT2D eigenvalue weighted by Gasteiger charge is -2.26. The number of aryl methyl sites for hydroxylation is 1. The van der Waals surface area contributed by atoms with E-state index in [1.54, 1.807) is 54.5 Å². The summed E-state index contributed by atoms with van der Waals surface area (Å²) in [5.74, 6) is 0.411. The molecule has 0 saturated carbocycles. The molecule has 6 rings (SSSR count). The van der Waals surface area contributed by atoms with E-state index in [4.69, 9.17) is 14.1 Å². The number of fused-ring (bicyclic) bond motifs is 1. The Morgan fingerprint density at radius 1 is 1.11 bits per heavy atom. The lowest BCUT2D eigenvalue weighted by atomic mass is 9.93. The first-order valence-corrected chi connectivity index (χ1v) is 16.1. The zero-order valence-corrected chi connectivity index (χ0v) is 26.2. The minimum atomic E-state index is -0.775. The van der Waals surface area contributed by atoms with Crippen molar-refractivity contribution >= 4 is 46.5 Å². The van der Waals surface area contributed by atoms with Crippen LogP contribution in [0, 0.1) is 17.0 Å². The first-order chi connectivity index (χ1) is 21.8. The summed E-state index contributed by atoms with van der Waals surface area (Å²) in [5.41, 5.74) is 3.30. The Labute approximate surface area is 266 Å². The second-order valence-corrected chi connectivity index (χ2v) is 12.1. The molecule has 2 aromatic heterocycles. The van der Waals surface area contributed by atoms with Crippen molar-refractivity contribution in [2.75, 3.05) is 12.9 Å². The number of thioether (sulfide) groups is 1. The highest BCUT2D eigenvalue weighted by atomic mass is 32.2. The third-order valence-electron chi connectivity index (χ3n) is 7.39. The van der Waals surface area contributed by atoms with Crippen molar-refractivity contribution in [2.45, 2.75) is 24.8 Å². The van der Waals surface area contributed by atoms with Gasteiger partial charge in [0.25, 0.3) is 11.2 Å². The van der Waals surface area contributed by atoms with Crippen LogP contribution < -0.4 is 14.9 Å². The van der Waals surface area contributed by atoms with Gasteiger partial charge >= 0.3 is 5.97 Å². The molecule has 0 aliphatic carbocycles. The van der Waals surface area contributed by atoms with Crippen LogP contribution in [0.2, 0.25) is 0 Å². The highest BCUT2D eigenvalue weighted by molar-refractivity contribution is 7.98. The summed E-state index contributed by atoms with van der Waals surface area (Å²) in [7, 11) is 0. The maximum absolute atomic E-state index is 14.1. The average molecular weight is 638 g/mol. The number of carbonyl (C=O) groups excluding carboxylic acids is 1. The molecule has 3 aromatic carbocycles. The van der Waals surface area contributed by atoms with Crippen molar-refractivity contribution in [2.24, 2.45) is 4.99 Å². The Balaban J connectivity index is 1.52. The van der Waals surface area contributed by atoms with Crippen LogP contribution in [0.5, 0.6) is 0 Å². The number of aromatic nitrogens is 1. The second-order valence-electron chi connectivity index (χ2n) is 10.2. The highest BCUT2D eigenvalue weighted by Crippen LogP contribution is 2.36. The number of ether oxygens (including phenoxy) is 1. The number of benzene rings is 3. The lowest BCUT2D eigenvalue weighted by Crippen LogP contribution is -2.40. The Morgan fingerprint density at radius 3 is 2.53 bits per heavy atom. The van der Waals surface area contributed by atoms with Crippen LogP contribution in [0.4, 0.5) is 5.69 Å². The van der Waals surface area contributed by atoms with E-state index >= 15 is 0 Å². The molecule has 0 saturated heterocycles. The number of esters is 1. The third kappa shape index (κ3) is 5.79. The highest BCUT2D eigenvalue weighted by Gasteiger charge is 2.35. The lowest BCUT2D eigenvalue weighted by molar-refractivity contribution is -0.384. The fourth-order valence-electron chi connectivity index (χ4n) is 5.28. The molecule has 0 N–H and O–H groups in total. The summed E-state index contributed by atoms with van der Waals surface area (Å²) in [6, 6.07) is 24.5. The summed E-state index contributed by atoms with van der Waals surface area (Å²) in [5, 5.41) is 11.2. The van der Waals surface area contributed by atoms with E-state index in [0.29, 0.717) is 37.7 Å². The molecule has 226 valence electrons. The van der Waals surface area contributed by atoms with Crippen molar-refractivity contribution in [3.63, 3.8) is 0 Å². The number of rotatable bonds is 8. The molecule has 0 radical (unpaired) electrons. The zero-order valence-electron chi connectivity index (χ0n) is 24.6. The van der Waals surface area contributed by atoms with Gasteiger partial charge in [0.2, 0.25) is 0 Å². The minimum absolute atomic E-state index is 0.00107. The molecule has 9 nitrogen and oxygen atoms in total. The van der Waals surface area contributed by atoms with Crippen molar-refractivity contribution in [3.05, 3.63) is 143 Å². The molecule has 5 aromatic rings. The minimum Gasteiger partial charge on any atom is -0.463 e. The van der Waals surface area contributed by atoms with Crippen molar-refractivity contribution < 1.29 is 18.9 Å². The van der Waals surface area contributed by atoms with Gasteiger partial charge in [0, 0.05) is 34.2 Å². The Kier molecular flexibility index (Phi) is 8.38. The van der Waals surface area contributed by atoms with Crippen LogP contribution >= 0.6 is 23.1 Å². The Hall–Kier alpha value is -5.00. The topological polar surface area (TPSA) is 117 Å². The predicted molar refractivity (Wildman–Crippen MR) is 175 cm³/mol. The van der Waals surface area contributed by atoms with Crippen LogP contribution in [0.25, 0.3) is 23.1 Å². The number of nitro benzene ring substituents is 1. The molecule has 1 aliphatic rings. The number of furan rings is 1. The van der Waals surface area contributed by atoms with Crippen LogP contribution in [-0.2, 0) is 9.53 Å². The smallest absolute Gasteiger partial charge is 0.338 e. The van der Waals surface area contributed by atoms with Gasteiger partial charge in [-0.3, -0.25) is 19.5 Å². The molecule has 0 spiro atoms. The monoisotopic (exact) mass is 637 g/mol. The van der Waals surface area contributed by atoms with Gasteiger partial charge in [-0.1, -0.05) is 53.8 Å². The fourth-order valence-corrected chi connectivity index (χ4v) is 6.67. The molecule has 11 heteroatoms. The Morgan fingerprint density at radius 2 is 1.87 bits per heavy atom. The van der Waals surface area contributed by atoms with Crippen molar-refractivity contribution in [3.8, 4) is 11.3 Å². The van der Waals surface area contributed by atoms with Crippen molar-refractivity contribution in [1.82, 2.24) is 4.57 Å². The standard InChI is InChI=1S/C34H27N3O6S2/c1-4-42-33(39)29-30(21-8-6-5-7-9-21)35-34-36(31(29)22-10-14-25(44-3)15-11-22)32(38)28(45-34)19-24-13-17-27(43-24)26-16-12-23(37(40)41)18-20(26)2/h5-19,31H,4H2,1-3H3/b28-19-. The van der Waals surface area contributed by atoms with E-state index in [9.17, 15) is 19.7 Å². The SMILES string of the molecule is CCOC(=O)C1=C(c2ccccc2)N=c2s/c(=C\c3ccc(-c4ccc([N+](=O)[O-])cc4C)o3)c(=O)n2C1c1ccc(SC)cc1. The number of hydrogen-bond donors (Lipinski definition) is 0. The number of nitro groups is 1. The molecule has 1 unspecified atom stereocenters. The average Bonchev–Trinajstić information content (AvgIpc) is 3.64. The quantitative estimate of drug-likeness (QED) is 0.0869. The first-order valence-electron chi connectivity index (χ1n) is 14.1. The first kappa shape index (κ1) is 30.0. The number of non-ortho nitro benzene ring substituents is 1. The zero-order chi connectivity index (χ0) is 31.7. The van der Waals surface area contributed by atoms with Gasteiger partial charge in [-0.2, -0.15) is 0 Å². The molecule has 0 fully saturated rings. The predicted octanol–water partition coefficient (Wildman–Crippen LogP) is 6.13. The van der Waals surface area contributed by atoms with E-state index in [2.05, 4.69) is 0 Å². The Bertz CT molecular complexity index is 2140. The van der Waals surface area contributed by atoms with E-state index in [0.717, 1.165) is 16.0 Å². The van der Waals surface area contributed by atoms with Gasteiger partial charge in [0.1, 0.15) is 11.5 Å². The maximum atomic E-state index is 14.1. The summed E-state index contributed by atoms with van der Waals surface area (Å²) >= 11 is 2.80. The summed E-state index contributed by atoms with van der Waals surface area (Å²) in [4.78, 5) is 44.8. The fraction of sp³-hybridized carbons (Fsp3) is 0.147. The molecule has 45 heavy (non-hydrogen) atoms. The molecular weight excluding hydrogens is 611 g/mol. The van der Waals surface area contributed by atoms with Gasteiger partial charge in [0.15, 0.2) is 4.80 Å². The number of hydrogen-bond acceptors (Lipinski definition) is 9. The molecule has 1 aliphatic heterocycles. The number of nitrogens with zero attached hydrogens (tertiary/aromatic N) is 3. The van der Waals surface area contributed by atoms with E-state index in [1.165, 1.54) is 23.5 Å². The van der Waals surface area contributed by atoms with Gasteiger partial charge < -0.3 is 9.15 Å². The molecule has 3 heterocycles. The van der Waals surface area contributed by atoms with E-state index < -0.39 is 16.9 Å². The number of carbonyl (C=O) groups is 1. The van der Waals surface area contributed by atoms with Crippen molar-refractivity contribution in [1.29, 1.82) is 0 Å². The van der Waals surface area contributed by atoms with E-state index in [1.807, 2.05) is 60.9 Å². The summed E-state index contributed by atoms with van der Waals surface area (Å²) < 4.78 is 13.5. The van der Waals surface area contributed by atoms with Crippen LogP contribution in [-0.4, -0.2) is 28.3 Å². The normalized spacial score (nSPS) is 14.6. The van der Waals surface area contributed by atoms with Gasteiger partial charge in [-0.05, 0) is 61.6 Å². The van der Waals surface area contributed by atoms with E-state index in [-0.39, 0.29) is 23.4 Å². The summed E-state index contributed by atoms with van der Waals surface area (Å²) in [6.45, 7) is 3.69. The molecular formula is C34H27N3O6S2. The third-order valence-corrected chi connectivity index (χ3v) is 9.12. The van der Waals surface area contributed by atoms with Crippen LogP contribution in [0.1, 0.15) is 35.4 Å². The molecule has 0 amide bonds. The molecule has 1 atom stereocenters. The van der Waals surface area contributed by atoms with Gasteiger partial charge in [0.05, 0.1) is 33.4 Å².